The van der Waals surface area contributed by atoms with E-state index in [9.17, 15) is 0 Å². The average molecular weight is 248 g/mol. The summed E-state index contributed by atoms with van der Waals surface area (Å²) >= 11 is 0. The van der Waals surface area contributed by atoms with Crippen molar-refractivity contribution >= 4 is 8.38 Å². The lowest BCUT2D eigenvalue weighted by molar-refractivity contribution is 0.244. The maximum Gasteiger partial charge on any atom is 0.167 e. The van der Waals surface area contributed by atoms with Gasteiger partial charge in [-0.05, 0) is 12.8 Å². The molecule has 0 bridgehead atoms. The van der Waals surface area contributed by atoms with Crippen molar-refractivity contribution in [2.45, 2.75) is 65.2 Å². The van der Waals surface area contributed by atoms with Crippen LogP contribution in [-0.2, 0) is 9.05 Å². The third-order valence-corrected chi connectivity index (χ3v) is 3.63. The highest BCUT2D eigenvalue weighted by Gasteiger charge is 2.01. The van der Waals surface area contributed by atoms with Gasteiger partial charge in [-0.2, -0.15) is 0 Å². The first kappa shape index (κ1) is 16.4. The Bertz CT molecular complexity index is 117. The van der Waals surface area contributed by atoms with E-state index in [2.05, 4.69) is 20.5 Å². The smallest absolute Gasteiger partial charge is 0.167 e. The van der Waals surface area contributed by atoms with Crippen LogP contribution in [0.1, 0.15) is 65.2 Å². The van der Waals surface area contributed by atoms with Gasteiger partial charge in [0.05, 0.1) is 13.2 Å². The molecule has 2 nitrogen and oxygen atoms in total. The lowest BCUT2D eigenvalue weighted by Gasteiger charge is -2.12. The second-order valence-electron chi connectivity index (χ2n) is 4.23. The fourth-order valence-corrected chi connectivity index (χ4v) is 2.33. The summed E-state index contributed by atoms with van der Waals surface area (Å²) in [5, 5.41) is 0. The summed E-state index contributed by atoms with van der Waals surface area (Å²) < 4.78 is 11.3. The maximum absolute atomic E-state index is 5.64. The lowest BCUT2D eigenvalue weighted by atomic mass is 10.2. The van der Waals surface area contributed by atoms with E-state index in [4.69, 9.17) is 9.05 Å². The van der Waals surface area contributed by atoms with Gasteiger partial charge in [-0.3, -0.25) is 0 Å². The first-order chi connectivity index (χ1) is 7.81. The highest BCUT2D eigenvalue weighted by Crippen LogP contribution is 2.33. The van der Waals surface area contributed by atoms with Crippen LogP contribution >= 0.6 is 8.38 Å². The molecule has 16 heavy (non-hydrogen) atoms. The molecule has 0 atom stereocenters. The highest BCUT2D eigenvalue weighted by atomic mass is 31.2. The molecule has 3 heteroatoms. The molecule has 0 aliphatic heterocycles. The molecule has 0 saturated carbocycles. The van der Waals surface area contributed by atoms with Crippen molar-refractivity contribution in [2.75, 3.05) is 19.9 Å². The predicted octanol–water partition coefficient (Wildman–Crippen LogP) is 5.12. The van der Waals surface area contributed by atoms with Crippen LogP contribution in [0.25, 0.3) is 0 Å². The molecule has 0 spiro atoms. The van der Waals surface area contributed by atoms with Crippen molar-refractivity contribution in [3.8, 4) is 0 Å². The van der Waals surface area contributed by atoms with Gasteiger partial charge in [0.15, 0.2) is 8.38 Å². The summed E-state index contributed by atoms with van der Waals surface area (Å²) in [6.45, 7) is 8.27. The molecule has 0 aliphatic carbocycles. The van der Waals surface area contributed by atoms with E-state index in [1.54, 1.807) is 0 Å². The molecule has 0 aliphatic rings. The molecule has 0 aromatic carbocycles. The summed E-state index contributed by atoms with van der Waals surface area (Å²) in [6.07, 6.45) is 10.2. The Morgan fingerprint density at radius 3 is 1.50 bits per heavy atom. The van der Waals surface area contributed by atoms with Gasteiger partial charge in [0.1, 0.15) is 0 Å². The topological polar surface area (TPSA) is 18.5 Å². The van der Waals surface area contributed by atoms with Gasteiger partial charge in [0, 0.05) is 6.66 Å². The number of rotatable bonds is 12. The Balaban J connectivity index is 3.09. The van der Waals surface area contributed by atoms with Crippen LogP contribution in [-0.4, -0.2) is 19.9 Å². The van der Waals surface area contributed by atoms with Gasteiger partial charge in [-0.1, -0.05) is 52.4 Å². The van der Waals surface area contributed by atoms with Crippen molar-refractivity contribution in [3.05, 3.63) is 0 Å². The lowest BCUT2D eigenvalue weighted by Crippen LogP contribution is -1.94. The first-order valence-electron chi connectivity index (χ1n) is 6.80. The molecule has 0 aromatic rings. The molecule has 0 saturated heterocycles. The van der Waals surface area contributed by atoms with Gasteiger partial charge in [0.2, 0.25) is 0 Å². The average Bonchev–Trinajstić information content (AvgIpc) is 2.28. The minimum Gasteiger partial charge on any atom is -0.334 e. The van der Waals surface area contributed by atoms with E-state index in [0.717, 1.165) is 13.2 Å². The Kier molecular flexibility index (Phi) is 13.7. The van der Waals surface area contributed by atoms with E-state index in [1.165, 1.54) is 51.4 Å². The second-order valence-corrected chi connectivity index (χ2v) is 5.62. The third-order valence-electron chi connectivity index (χ3n) is 2.54. The SMILES string of the molecule is CCCCCCOP(C)OCCCCCC. The zero-order valence-electron chi connectivity index (χ0n) is 11.3. The summed E-state index contributed by atoms with van der Waals surface area (Å²) in [6, 6.07) is 0. The Labute approximate surface area is 103 Å². The molecule has 0 unspecified atom stereocenters. The number of hydrogen-bond donors (Lipinski definition) is 0. The summed E-state index contributed by atoms with van der Waals surface area (Å²) in [7, 11) is -0.622. The number of unbranched alkanes of at least 4 members (excludes halogenated alkanes) is 6. The monoisotopic (exact) mass is 248 g/mol. The molecule has 0 fully saturated rings. The van der Waals surface area contributed by atoms with Crippen LogP contribution in [0.4, 0.5) is 0 Å². The molecule has 0 heterocycles. The second kappa shape index (κ2) is 13.4. The van der Waals surface area contributed by atoms with Gasteiger partial charge in [0.25, 0.3) is 0 Å². The van der Waals surface area contributed by atoms with E-state index < -0.39 is 8.38 Å². The molecule has 0 rings (SSSR count). The quantitative estimate of drug-likeness (QED) is 0.352. The molecule has 0 amide bonds. The standard InChI is InChI=1S/C13H29O2P/c1-4-6-8-10-12-14-16(3)15-13-11-9-7-5-2/h4-13H2,1-3H3. The van der Waals surface area contributed by atoms with E-state index in [1.807, 2.05) is 0 Å². The largest absolute Gasteiger partial charge is 0.334 e. The van der Waals surface area contributed by atoms with Crippen molar-refractivity contribution < 1.29 is 9.05 Å². The van der Waals surface area contributed by atoms with E-state index in [0.29, 0.717) is 0 Å². The van der Waals surface area contributed by atoms with Crippen molar-refractivity contribution in [3.63, 3.8) is 0 Å². The molecular weight excluding hydrogens is 219 g/mol. The minimum atomic E-state index is -0.622. The van der Waals surface area contributed by atoms with Crippen LogP contribution in [0.15, 0.2) is 0 Å². The molecule has 0 aromatic heterocycles. The van der Waals surface area contributed by atoms with Gasteiger partial charge >= 0.3 is 0 Å². The molecule has 0 radical (unpaired) electrons. The fourth-order valence-electron chi connectivity index (χ4n) is 1.48. The minimum absolute atomic E-state index is 0.622. The molecule has 98 valence electrons. The van der Waals surface area contributed by atoms with Crippen LogP contribution in [0, 0.1) is 0 Å². The molecular formula is C13H29O2P. The van der Waals surface area contributed by atoms with E-state index in [-0.39, 0.29) is 0 Å². The fraction of sp³-hybridized carbons (Fsp3) is 1.00. The van der Waals surface area contributed by atoms with Crippen LogP contribution in [0.3, 0.4) is 0 Å². The summed E-state index contributed by atoms with van der Waals surface area (Å²) in [5.41, 5.74) is 0. The van der Waals surface area contributed by atoms with Crippen LogP contribution < -0.4 is 0 Å². The van der Waals surface area contributed by atoms with Crippen molar-refractivity contribution in [2.24, 2.45) is 0 Å². The predicted molar refractivity (Wildman–Crippen MR) is 73.0 cm³/mol. The normalized spacial score (nSPS) is 11.2. The Hall–Kier alpha value is 0.350. The van der Waals surface area contributed by atoms with Crippen molar-refractivity contribution in [1.82, 2.24) is 0 Å². The highest BCUT2D eigenvalue weighted by molar-refractivity contribution is 7.46. The third kappa shape index (κ3) is 12.4. The van der Waals surface area contributed by atoms with Gasteiger partial charge < -0.3 is 9.05 Å². The Morgan fingerprint density at radius 2 is 1.12 bits per heavy atom. The van der Waals surface area contributed by atoms with Gasteiger partial charge in [-0.25, -0.2) is 0 Å². The zero-order chi connectivity index (χ0) is 12.1. The van der Waals surface area contributed by atoms with Crippen molar-refractivity contribution in [1.29, 1.82) is 0 Å². The summed E-state index contributed by atoms with van der Waals surface area (Å²) in [4.78, 5) is 0. The zero-order valence-corrected chi connectivity index (χ0v) is 12.2. The van der Waals surface area contributed by atoms with Crippen LogP contribution in [0.5, 0.6) is 0 Å². The van der Waals surface area contributed by atoms with Gasteiger partial charge in [-0.15, -0.1) is 0 Å². The van der Waals surface area contributed by atoms with Crippen LogP contribution in [0.2, 0.25) is 0 Å². The summed E-state index contributed by atoms with van der Waals surface area (Å²) in [5.74, 6) is 0. The first-order valence-corrected chi connectivity index (χ1v) is 8.43. The maximum atomic E-state index is 5.64. The Morgan fingerprint density at radius 1 is 0.688 bits per heavy atom. The van der Waals surface area contributed by atoms with E-state index >= 15 is 0 Å². The number of hydrogen-bond acceptors (Lipinski definition) is 2. The molecule has 0 N–H and O–H groups in total.